The van der Waals surface area contributed by atoms with Crippen LogP contribution < -0.4 is 5.69 Å². The maximum absolute atomic E-state index is 12.3. The predicted octanol–water partition coefficient (Wildman–Crippen LogP) is 1.33. The van der Waals surface area contributed by atoms with Crippen LogP contribution in [0.25, 0.3) is 5.00 Å². The van der Waals surface area contributed by atoms with Gasteiger partial charge in [0.25, 0.3) is 0 Å². The molecule has 3 rings (SSSR count). The fourth-order valence-electron chi connectivity index (χ4n) is 2.03. The smallest absolute Gasteiger partial charge is 0.369 e. The van der Waals surface area contributed by atoms with E-state index in [1.54, 1.807) is 30.3 Å². The Morgan fingerprint density at radius 2 is 2.05 bits per heavy atom. The van der Waals surface area contributed by atoms with Crippen molar-refractivity contribution in [2.75, 3.05) is 7.11 Å². The SMILES string of the molecule is COC(=O)c1ccccc1Cn1nnn(-c2cccs2)c1=O. The van der Waals surface area contributed by atoms with E-state index in [-0.39, 0.29) is 12.2 Å². The van der Waals surface area contributed by atoms with Gasteiger partial charge in [-0.2, -0.15) is 9.36 Å². The number of methoxy groups -OCH3 is 1. The van der Waals surface area contributed by atoms with Crippen molar-refractivity contribution in [2.24, 2.45) is 0 Å². The largest absolute Gasteiger partial charge is 0.465 e. The number of carbonyl (C=O) groups is 1. The zero-order valence-corrected chi connectivity index (χ0v) is 12.5. The fraction of sp³-hybridized carbons (Fsp3) is 0.143. The molecule has 22 heavy (non-hydrogen) atoms. The van der Waals surface area contributed by atoms with Crippen molar-refractivity contribution >= 4 is 17.3 Å². The molecule has 0 spiro atoms. The number of carbonyl (C=O) groups excluding carboxylic acids is 1. The summed E-state index contributed by atoms with van der Waals surface area (Å²) in [5.41, 5.74) is 0.694. The molecule has 8 heteroatoms. The number of thiophene rings is 1. The first-order valence-corrected chi connectivity index (χ1v) is 7.31. The lowest BCUT2D eigenvalue weighted by molar-refractivity contribution is 0.0599. The third kappa shape index (κ3) is 2.56. The molecule has 0 unspecified atom stereocenters. The van der Waals surface area contributed by atoms with Gasteiger partial charge in [-0.05, 0) is 39.6 Å². The summed E-state index contributed by atoms with van der Waals surface area (Å²) >= 11 is 1.39. The van der Waals surface area contributed by atoms with E-state index in [1.807, 2.05) is 11.4 Å². The molecule has 0 N–H and O–H groups in total. The van der Waals surface area contributed by atoms with Crippen LogP contribution in [0.5, 0.6) is 0 Å². The molecule has 0 bridgehead atoms. The molecular weight excluding hydrogens is 304 g/mol. The second kappa shape index (κ2) is 5.94. The van der Waals surface area contributed by atoms with E-state index >= 15 is 0 Å². The van der Waals surface area contributed by atoms with E-state index in [4.69, 9.17) is 4.74 Å². The van der Waals surface area contributed by atoms with Crippen LogP contribution in [0, 0.1) is 0 Å². The molecule has 0 amide bonds. The van der Waals surface area contributed by atoms with Gasteiger partial charge >= 0.3 is 11.7 Å². The van der Waals surface area contributed by atoms with Crippen molar-refractivity contribution in [3.8, 4) is 5.00 Å². The quantitative estimate of drug-likeness (QED) is 0.678. The molecule has 2 heterocycles. The lowest BCUT2D eigenvalue weighted by Crippen LogP contribution is -2.25. The van der Waals surface area contributed by atoms with Gasteiger partial charge in [-0.15, -0.1) is 11.3 Å². The average molecular weight is 316 g/mol. The lowest BCUT2D eigenvalue weighted by atomic mass is 10.1. The van der Waals surface area contributed by atoms with Crippen molar-refractivity contribution in [1.29, 1.82) is 0 Å². The highest BCUT2D eigenvalue weighted by Crippen LogP contribution is 2.12. The van der Waals surface area contributed by atoms with Crippen molar-refractivity contribution in [1.82, 2.24) is 19.8 Å². The Balaban J connectivity index is 1.95. The van der Waals surface area contributed by atoms with Gasteiger partial charge < -0.3 is 4.74 Å². The summed E-state index contributed by atoms with van der Waals surface area (Å²) in [4.78, 5) is 24.1. The van der Waals surface area contributed by atoms with Crippen LogP contribution in [-0.2, 0) is 11.3 Å². The minimum Gasteiger partial charge on any atom is -0.465 e. The monoisotopic (exact) mass is 316 g/mol. The summed E-state index contributed by atoms with van der Waals surface area (Å²) in [5, 5.41) is 10.3. The zero-order valence-electron chi connectivity index (χ0n) is 11.7. The second-order valence-electron chi connectivity index (χ2n) is 4.43. The maximum Gasteiger partial charge on any atom is 0.369 e. The topological polar surface area (TPSA) is 79.0 Å². The Hall–Kier alpha value is -2.74. The molecule has 0 radical (unpaired) electrons. The Labute approximate surface area is 129 Å². The fourth-order valence-corrected chi connectivity index (χ4v) is 2.70. The summed E-state index contributed by atoms with van der Waals surface area (Å²) in [6, 6.07) is 10.5. The summed E-state index contributed by atoms with van der Waals surface area (Å²) in [6.45, 7) is 0.148. The van der Waals surface area contributed by atoms with Crippen LogP contribution in [-0.4, -0.2) is 32.9 Å². The standard InChI is InChI=1S/C14H12N4O3S/c1-21-13(19)11-6-3-2-5-10(11)9-17-14(20)18(16-15-17)12-7-4-8-22-12/h2-8H,9H2,1H3. The van der Waals surface area contributed by atoms with E-state index < -0.39 is 5.97 Å². The number of hydrogen-bond donors (Lipinski definition) is 0. The predicted molar refractivity (Wildman–Crippen MR) is 80.4 cm³/mol. The molecule has 0 fully saturated rings. The number of ether oxygens (including phenoxy) is 1. The molecule has 0 saturated heterocycles. The van der Waals surface area contributed by atoms with E-state index in [9.17, 15) is 9.59 Å². The highest BCUT2D eigenvalue weighted by atomic mass is 32.1. The van der Waals surface area contributed by atoms with Gasteiger partial charge in [0.15, 0.2) is 0 Å². The molecule has 0 aliphatic carbocycles. The summed E-state index contributed by atoms with van der Waals surface area (Å²) in [5.74, 6) is -0.450. The first-order chi connectivity index (χ1) is 10.7. The zero-order chi connectivity index (χ0) is 15.5. The van der Waals surface area contributed by atoms with Crippen molar-refractivity contribution < 1.29 is 9.53 Å². The Kier molecular flexibility index (Phi) is 3.84. The molecule has 2 aromatic heterocycles. The molecule has 0 aliphatic rings. The molecule has 1 aromatic carbocycles. The third-order valence-electron chi connectivity index (χ3n) is 3.10. The lowest BCUT2D eigenvalue weighted by Gasteiger charge is -2.06. The Morgan fingerprint density at radius 3 is 2.77 bits per heavy atom. The van der Waals surface area contributed by atoms with Gasteiger partial charge in [-0.25, -0.2) is 9.59 Å². The Morgan fingerprint density at radius 1 is 1.23 bits per heavy atom. The normalized spacial score (nSPS) is 10.6. The molecule has 3 aromatic rings. The number of esters is 1. The number of hydrogen-bond acceptors (Lipinski definition) is 6. The molecule has 112 valence electrons. The van der Waals surface area contributed by atoms with Crippen LogP contribution in [0.4, 0.5) is 0 Å². The molecule has 0 atom stereocenters. The summed E-state index contributed by atoms with van der Waals surface area (Å²) < 4.78 is 7.18. The first kappa shape index (κ1) is 14.2. The van der Waals surface area contributed by atoms with Gasteiger partial charge in [0.1, 0.15) is 5.00 Å². The molecule has 0 saturated carbocycles. The minimum absolute atomic E-state index is 0.148. The van der Waals surface area contributed by atoms with Crippen LogP contribution in [0.3, 0.4) is 0 Å². The second-order valence-corrected chi connectivity index (χ2v) is 5.36. The summed E-state index contributed by atoms with van der Waals surface area (Å²) in [6.07, 6.45) is 0. The number of rotatable bonds is 4. The van der Waals surface area contributed by atoms with Gasteiger partial charge in [-0.3, -0.25) is 0 Å². The molecule has 0 aliphatic heterocycles. The number of tetrazole rings is 1. The van der Waals surface area contributed by atoms with Gasteiger partial charge in [-0.1, -0.05) is 18.2 Å². The van der Waals surface area contributed by atoms with Crippen LogP contribution in [0.15, 0.2) is 46.6 Å². The van der Waals surface area contributed by atoms with E-state index in [2.05, 4.69) is 10.4 Å². The van der Waals surface area contributed by atoms with Crippen LogP contribution in [0.2, 0.25) is 0 Å². The van der Waals surface area contributed by atoms with Gasteiger partial charge in [0.05, 0.1) is 19.2 Å². The van der Waals surface area contributed by atoms with E-state index in [1.165, 1.54) is 27.8 Å². The van der Waals surface area contributed by atoms with E-state index in [0.717, 1.165) is 0 Å². The molecular formula is C14H12N4O3S. The average Bonchev–Trinajstić information content (AvgIpc) is 3.18. The van der Waals surface area contributed by atoms with Crippen molar-refractivity contribution in [3.63, 3.8) is 0 Å². The number of nitrogens with zero attached hydrogens (tertiary/aromatic N) is 4. The van der Waals surface area contributed by atoms with Crippen molar-refractivity contribution in [3.05, 3.63) is 63.4 Å². The van der Waals surface area contributed by atoms with Crippen LogP contribution in [0.1, 0.15) is 15.9 Å². The first-order valence-electron chi connectivity index (χ1n) is 6.43. The van der Waals surface area contributed by atoms with Gasteiger partial charge in [0.2, 0.25) is 0 Å². The van der Waals surface area contributed by atoms with Gasteiger partial charge in [0, 0.05) is 0 Å². The molecule has 7 nitrogen and oxygen atoms in total. The minimum atomic E-state index is -0.450. The highest BCUT2D eigenvalue weighted by molar-refractivity contribution is 7.12. The van der Waals surface area contributed by atoms with Crippen molar-refractivity contribution in [2.45, 2.75) is 6.54 Å². The number of benzene rings is 1. The number of aromatic nitrogens is 4. The maximum atomic E-state index is 12.3. The summed E-state index contributed by atoms with van der Waals surface area (Å²) in [7, 11) is 1.32. The van der Waals surface area contributed by atoms with E-state index in [0.29, 0.717) is 16.1 Å². The van der Waals surface area contributed by atoms with Crippen LogP contribution >= 0.6 is 11.3 Å². The Bertz CT molecular complexity index is 851. The third-order valence-corrected chi connectivity index (χ3v) is 3.94. The highest BCUT2D eigenvalue weighted by Gasteiger charge is 2.15.